The molecule has 2 aromatic heterocycles. The van der Waals surface area contributed by atoms with E-state index in [2.05, 4.69) is 15.0 Å². The molecule has 0 aliphatic rings. The van der Waals surface area contributed by atoms with Gasteiger partial charge in [-0.05, 0) is 12.5 Å². The van der Waals surface area contributed by atoms with Crippen molar-refractivity contribution >= 4 is 30.5 Å². The summed E-state index contributed by atoms with van der Waals surface area (Å²) in [5, 5.41) is 0. The number of nitrogens with two attached hydrogens (primary N) is 2. The van der Waals surface area contributed by atoms with E-state index in [0.29, 0.717) is 17.7 Å². The molecule has 0 amide bonds. The number of aromatic nitrogens is 4. The molecule has 0 unspecified atom stereocenters. The van der Waals surface area contributed by atoms with Crippen LogP contribution < -0.4 is 11.5 Å². The quantitative estimate of drug-likeness (QED) is 0.425. The Morgan fingerprint density at radius 1 is 1.45 bits per heavy atom. The van der Waals surface area contributed by atoms with Gasteiger partial charge in [0.15, 0.2) is 11.5 Å². The van der Waals surface area contributed by atoms with Crippen molar-refractivity contribution in [2.75, 3.05) is 24.4 Å². The fraction of sp³-hybridized carbons (Fsp3) is 0.364. The molecular formula is C11H17N6O4P. The summed E-state index contributed by atoms with van der Waals surface area (Å²) in [7, 11) is -4.18. The Morgan fingerprint density at radius 2 is 2.18 bits per heavy atom. The zero-order valence-electron chi connectivity index (χ0n) is 11.9. The van der Waals surface area contributed by atoms with Gasteiger partial charge in [0.25, 0.3) is 0 Å². The van der Waals surface area contributed by atoms with Crippen LogP contribution in [0.5, 0.6) is 0 Å². The molecule has 2 rings (SSSR count). The van der Waals surface area contributed by atoms with Gasteiger partial charge in [-0.25, -0.2) is 4.98 Å². The largest absolute Gasteiger partial charge is 0.382 e. The standard InChI is InChI=1S/C11H17N6O4P/c1-2-7(4-21-6-22(18,19)20)3-17-5-14-8-9(12)15-11(13)16-10(8)17/h2,5H,3-4,6H2,1H3,(H2,18,19,20)(H4,12,13,15,16). The van der Waals surface area contributed by atoms with E-state index in [-0.39, 0.29) is 18.4 Å². The van der Waals surface area contributed by atoms with Crippen molar-refractivity contribution in [3.05, 3.63) is 18.0 Å². The van der Waals surface area contributed by atoms with E-state index in [0.717, 1.165) is 5.57 Å². The molecule has 0 spiro atoms. The highest BCUT2D eigenvalue weighted by Crippen LogP contribution is 2.34. The Balaban J connectivity index is 2.14. The van der Waals surface area contributed by atoms with E-state index >= 15 is 0 Å². The van der Waals surface area contributed by atoms with Crippen LogP contribution in [-0.2, 0) is 15.8 Å². The summed E-state index contributed by atoms with van der Waals surface area (Å²) in [6.45, 7) is 2.26. The van der Waals surface area contributed by atoms with Crippen molar-refractivity contribution in [1.82, 2.24) is 19.5 Å². The van der Waals surface area contributed by atoms with Gasteiger partial charge in [0.1, 0.15) is 11.9 Å². The lowest BCUT2D eigenvalue weighted by Crippen LogP contribution is -2.08. The smallest absolute Gasteiger partial charge is 0.350 e. The van der Waals surface area contributed by atoms with Crippen LogP contribution in [0.15, 0.2) is 18.0 Å². The Hall–Kier alpha value is -2.00. The summed E-state index contributed by atoms with van der Waals surface area (Å²) < 4.78 is 17.5. The van der Waals surface area contributed by atoms with Gasteiger partial charge in [0.05, 0.1) is 12.9 Å². The van der Waals surface area contributed by atoms with E-state index in [1.54, 1.807) is 23.9 Å². The lowest BCUT2D eigenvalue weighted by Gasteiger charge is -2.10. The van der Waals surface area contributed by atoms with E-state index in [9.17, 15) is 4.57 Å². The third-order valence-corrected chi connectivity index (χ3v) is 3.36. The van der Waals surface area contributed by atoms with Gasteiger partial charge in [-0.1, -0.05) is 6.08 Å². The number of nitrogen functional groups attached to an aromatic ring is 2. The number of rotatable bonds is 6. The van der Waals surface area contributed by atoms with Crippen LogP contribution in [0.1, 0.15) is 6.92 Å². The van der Waals surface area contributed by atoms with Crippen LogP contribution in [-0.4, -0.2) is 42.3 Å². The first-order chi connectivity index (χ1) is 10.3. The molecule has 0 fully saturated rings. The SMILES string of the molecule is CC=C(COCP(=O)(O)O)Cn1cnc2c(N)nc(N)nc21. The van der Waals surface area contributed by atoms with E-state index in [1.165, 1.54) is 0 Å². The lowest BCUT2D eigenvalue weighted by atomic mass is 10.2. The summed E-state index contributed by atoms with van der Waals surface area (Å²) in [6.07, 6.45) is 2.71. The second kappa shape index (κ2) is 6.41. The molecule has 0 aliphatic carbocycles. The van der Waals surface area contributed by atoms with E-state index < -0.39 is 13.9 Å². The Labute approximate surface area is 126 Å². The maximum atomic E-state index is 10.8. The number of fused-ring (bicyclic) bond motifs is 1. The second-order valence-corrected chi connectivity index (χ2v) is 6.19. The minimum Gasteiger partial charge on any atom is -0.382 e. The van der Waals surface area contributed by atoms with Gasteiger partial charge >= 0.3 is 7.60 Å². The van der Waals surface area contributed by atoms with Crippen molar-refractivity contribution < 1.29 is 19.1 Å². The Morgan fingerprint density at radius 3 is 2.82 bits per heavy atom. The van der Waals surface area contributed by atoms with Crippen molar-refractivity contribution in [2.45, 2.75) is 13.5 Å². The highest BCUT2D eigenvalue weighted by Gasteiger charge is 2.14. The molecule has 10 nitrogen and oxygen atoms in total. The molecule has 2 aromatic rings. The predicted octanol–water partition coefficient (Wildman–Crippen LogP) is 0.0888. The van der Waals surface area contributed by atoms with Crippen molar-refractivity contribution in [2.24, 2.45) is 0 Å². The fourth-order valence-corrected chi connectivity index (χ4v) is 2.16. The predicted molar refractivity (Wildman–Crippen MR) is 80.8 cm³/mol. The zero-order chi connectivity index (χ0) is 16.3. The van der Waals surface area contributed by atoms with Gasteiger partial charge in [-0.2, -0.15) is 9.97 Å². The van der Waals surface area contributed by atoms with Gasteiger partial charge in [0, 0.05) is 6.54 Å². The zero-order valence-corrected chi connectivity index (χ0v) is 12.8. The summed E-state index contributed by atoms with van der Waals surface area (Å²) in [6, 6.07) is 0. The summed E-state index contributed by atoms with van der Waals surface area (Å²) in [5.41, 5.74) is 13.0. The second-order valence-electron chi connectivity index (χ2n) is 4.60. The van der Waals surface area contributed by atoms with Gasteiger partial charge in [-0.3, -0.25) is 4.57 Å². The summed E-state index contributed by atoms with van der Waals surface area (Å²) >= 11 is 0. The maximum Gasteiger partial charge on any atom is 0.350 e. The molecule has 0 atom stereocenters. The fourth-order valence-electron chi connectivity index (χ4n) is 1.83. The topological polar surface area (TPSA) is 162 Å². The number of anilines is 2. The highest BCUT2D eigenvalue weighted by molar-refractivity contribution is 7.51. The Bertz CT molecular complexity index is 752. The van der Waals surface area contributed by atoms with Crippen molar-refractivity contribution in [3.63, 3.8) is 0 Å². The number of allylic oxidation sites excluding steroid dienone is 1. The normalized spacial score (nSPS) is 13.0. The van der Waals surface area contributed by atoms with Crippen LogP contribution in [0, 0.1) is 0 Å². The third kappa shape index (κ3) is 4.01. The van der Waals surface area contributed by atoms with E-state index in [1.807, 2.05) is 0 Å². The number of hydrogen-bond donors (Lipinski definition) is 4. The molecule has 22 heavy (non-hydrogen) atoms. The first-order valence-electron chi connectivity index (χ1n) is 6.30. The van der Waals surface area contributed by atoms with Crippen LogP contribution in [0.4, 0.5) is 11.8 Å². The average molecular weight is 328 g/mol. The van der Waals surface area contributed by atoms with Crippen molar-refractivity contribution in [3.8, 4) is 0 Å². The molecule has 2 heterocycles. The number of imidazole rings is 1. The first-order valence-corrected chi connectivity index (χ1v) is 8.10. The van der Waals surface area contributed by atoms with Gasteiger partial charge < -0.3 is 30.6 Å². The minimum atomic E-state index is -4.18. The number of ether oxygens (including phenoxy) is 1. The monoisotopic (exact) mass is 328 g/mol. The third-order valence-electron chi connectivity index (χ3n) is 2.84. The summed E-state index contributed by atoms with van der Waals surface area (Å²) in [4.78, 5) is 29.6. The molecule has 0 bridgehead atoms. The Kier molecular flexibility index (Phi) is 4.77. The molecule has 0 aliphatic heterocycles. The lowest BCUT2D eigenvalue weighted by molar-refractivity contribution is 0.176. The highest BCUT2D eigenvalue weighted by atomic mass is 31.2. The van der Waals surface area contributed by atoms with Gasteiger partial charge in [-0.15, -0.1) is 0 Å². The number of hydrogen-bond acceptors (Lipinski definition) is 7. The molecule has 6 N–H and O–H groups in total. The number of nitrogens with zero attached hydrogens (tertiary/aromatic N) is 4. The molecule has 0 saturated carbocycles. The van der Waals surface area contributed by atoms with Gasteiger partial charge in [0.2, 0.25) is 5.95 Å². The minimum absolute atomic E-state index is 0.0477. The van der Waals surface area contributed by atoms with Crippen molar-refractivity contribution in [1.29, 1.82) is 0 Å². The van der Waals surface area contributed by atoms with Crippen LogP contribution >= 0.6 is 7.60 Å². The summed E-state index contributed by atoms with van der Waals surface area (Å²) in [5.74, 6) is 0.243. The molecule has 120 valence electrons. The molecule has 0 saturated heterocycles. The van der Waals surface area contributed by atoms with Crippen LogP contribution in [0.2, 0.25) is 0 Å². The van der Waals surface area contributed by atoms with E-state index in [4.69, 9.17) is 26.0 Å². The van der Waals surface area contributed by atoms with Crippen LogP contribution in [0.3, 0.4) is 0 Å². The first kappa shape index (κ1) is 16.4. The molecule has 0 aromatic carbocycles. The average Bonchev–Trinajstić information content (AvgIpc) is 2.79. The molecular weight excluding hydrogens is 311 g/mol. The molecule has 0 radical (unpaired) electrons. The van der Waals surface area contributed by atoms with Crippen LogP contribution in [0.25, 0.3) is 11.2 Å². The molecule has 11 heteroatoms. The maximum absolute atomic E-state index is 10.8.